The average Bonchev–Trinajstić information content (AvgIpc) is 3.37. The Balaban J connectivity index is 4.33. The molecule has 0 rings (SSSR count). The molecule has 0 saturated carbocycles. The maximum atomic E-state index is 12.9. The van der Waals surface area contributed by atoms with Crippen molar-refractivity contribution in [2.45, 2.75) is 322 Å². The van der Waals surface area contributed by atoms with E-state index in [-0.39, 0.29) is 31.1 Å². The van der Waals surface area contributed by atoms with Gasteiger partial charge in [0.1, 0.15) is 13.2 Å². The molecule has 0 N–H and O–H groups in total. The number of unbranched alkanes of at least 4 members (excludes halogenated alkanes) is 35. The zero-order valence-electron chi connectivity index (χ0n) is 47.2. The summed E-state index contributed by atoms with van der Waals surface area (Å²) in [6.45, 7) is 6.56. The molecule has 1 unspecified atom stereocenters. The lowest BCUT2D eigenvalue weighted by Crippen LogP contribution is -2.30. The van der Waals surface area contributed by atoms with Crippen molar-refractivity contribution >= 4 is 17.9 Å². The van der Waals surface area contributed by atoms with Crippen molar-refractivity contribution in [3.8, 4) is 0 Å². The van der Waals surface area contributed by atoms with E-state index in [1.165, 1.54) is 180 Å². The van der Waals surface area contributed by atoms with Gasteiger partial charge in [-0.3, -0.25) is 14.4 Å². The number of ether oxygens (including phenoxy) is 3. The summed E-state index contributed by atoms with van der Waals surface area (Å²) >= 11 is 0. The molecule has 0 aromatic heterocycles. The molecular formula is C65H116O6. The lowest BCUT2D eigenvalue weighted by atomic mass is 10.0. The molecule has 71 heavy (non-hydrogen) atoms. The molecule has 0 aliphatic carbocycles. The average molecular weight is 994 g/mol. The van der Waals surface area contributed by atoms with Crippen molar-refractivity contribution in [1.82, 2.24) is 0 Å². The predicted octanol–water partition coefficient (Wildman–Crippen LogP) is 20.8. The summed E-state index contributed by atoms with van der Waals surface area (Å²) in [5.74, 6) is -0.866. The summed E-state index contributed by atoms with van der Waals surface area (Å²) in [5, 5.41) is 0. The Bertz CT molecular complexity index is 1280. The maximum Gasteiger partial charge on any atom is 0.306 e. The fraction of sp³-hybridized carbons (Fsp3) is 0.800. The SMILES string of the molecule is CC/C=C\C/C=C\C/C=C\C/C=C\C/C=C\CCCCCCCCCC(=O)OCC(COC(=O)CCCCCCCCCCCCCCC)OC(=O)CCCCCCCCCCCCCCCCCCC. The molecule has 0 aliphatic heterocycles. The van der Waals surface area contributed by atoms with Gasteiger partial charge in [0.2, 0.25) is 0 Å². The third-order valence-electron chi connectivity index (χ3n) is 13.5. The standard InChI is InChI=1S/C65H116O6/c1-4-7-10-13-16-19-22-25-27-29-30-31-32-33-34-36-37-40-43-46-49-52-55-58-64(67)70-61-62(60-69-63(66)57-54-51-48-45-42-39-24-21-18-15-12-9-6-3)71-65(68)59-56-53-50-47-44-41-38-35-28-26-23-20-17-14-11-8-5-2/h7,10,16,19,25,27,30-31,33-34,62H,4-6,8-9,11-15,17-18,20-24,26,28-29,32,35-61H2,1-3H3/b10-7-,19-16-,27-25-,31-30-,34-33-. The number of hydrogen-bond donors (Lipinski definition) is 0. The van der Waals surface area contributed by atoms with Crippen molar-refractivity contribution in [3.05, 3.63) is 60.8 Å². The molecule has 1 atom stereocenters. The number of esters is 3. The fourth-order valence-electron chi connectivity index (χ4n) is 8.94. The minimum absolute atomic E-state index is 0.0730. The summed E-state index contributed by atoms with van der Waals surface area (Å²) in [5.41, 5.74) is 0. The van der Waals surface area contributed by atoms with E-state index >= 15 is 0 Å². The van der Waals surface area contributed by atoms with Crippen LogP contribution in [-0.4, -0.2) is 37.2 Å². The predicted molar refractivity (Wildman–Crippen MR) is 307 cm³/mol. The van der Waals surface area contributed by atoms with Gasteiger partial charge in [-0.1, -0.05) is 293 Å². The van der Waals surface area contributed by atoms with E-state index in [1.54, 1.807) is 0 Å². The second kappa shape index (κ2) is 59.7. The topological polar surface area (TPSA) is 78.9 Å². The monoisotopic (exact) mass is 993 g/mol. The van der Waals surface area contributed by atoms with Crippen LogP contribution in [0.15, 0.2) is 60.8 Å². The summed E-state index contributed by atoms with van der Waals surface area (Å²) in [6.07, 6.45) is 75.0. The number of rotatable bonds is 56. The zero-order chi connectivity index (χ0) is 51.4. The van der Waals surface area contributed by atoms with E-state index in [1.807, 2.05) is 0 Å². The molecule has 0 fully saturated rings. The van der Waals surface area contributed by atoms with Gasteiger partial charge in [-0.05, 0) is 64.2 Å². The van der Waals surface area contributed by atoms with Crippen LogP contribution in [0.2, 0.25) is 0 Å². The van der Waals surface area contributed by atoms with Crippen molar-refractivity contribution in [2.75, 3.05) is 13.2 Å². The Morgan fingerprint density at radius 3 is 0.859 bits per heavy atom. The first-order chi connectivity index (χ1) is 35.0. The van der Waals surface area contributed by atoms with Gasteiger partial charge in [-0.25, -0.2) is 0 Å². The van der Waals surface area contributed by atoms with E-state index in [0.717, 1.165) is 96.3 Å². The van der Waals surface area contributed by atoms with Gasteiger partial charge in [-0.2, -0.15) is 0 Å². The van der Waals surface area contributed by atoms with E-state index in [0.29, 0.717) is 19.3 Å². The quantitative estimate of drug-likeness (QED) is 0.0261. The third kappa shape index (κ3) is 57.9. The highest BCUT2D eigenvalue weighted by Crippen LogP contribution is 2.17. The van der Waals surface area contributed by atoms with Crippen LogP contribution < -0.4 is 0 Å². The fourth-order valence-corrected chi connectivity index (χ4v) is 8.94. The van der Waals surface area contributed by atoms with Crippen LogP contribution >= 0.6 is 0 Å². The normalized spacial score (nSPS) is 12.4. The highest BCUT2D eigenvalue weighted by molar-refractivity contribution is 5.71. The van der Waals surface area contributed by atoms with E-state index < -0.39 is 6.10 Å². The largest absolute Gasteiger partial charge is 0.462 e. The Morgan fingerprint density at radius 2 is 0.549 bits per heavy atom. The Hall–Kier alpha value is -2.89. The van der Waals surface area contributed by atoms with Crippen LogP contribution in [0, 0.1) is 0 Å². The minimum Gasteiger partial charge on any atom is -0.462 e. The van der Waals surface area contributed by atoms with E-state index in [4.69, 9.17) is 14.2 Å². The number of carbonyl (C=O) groups excluding carboxylic acids is 3. The first-order valence-electron chi connectivity index (χ1n) is 30.8. The maximum absolute atomic E-state index is 12.9. The van der Waals surface area contributed by atoms with Gasteiger partial charge in [0.05, 0.1) is 0 Å². The Kier molecular flexibility index (Phi) is 57.2. The van der Waals surface area contributed by atoms with E-state index in [9.17, 15) is 14.4 Å². The molecule has 412 valence electrons. The van der Waals surface area contributed by atoms with Crippen LogP contribution in [0.3, 0.4) is 0 Å². The summed E-state index contributed by atoms with van der Waals surface area (Å²) in [7, 11) is 0. The molecule has 0 bridgehead atoms. The van der Waals surface area contributed by atoms with Gasteiger partial charge in [0, 0.05) is 19.3 Å². The smallest absolute Gasteiger partial charge is 0.306 e. The van der Waals surface area contributed by atoms with Crippen molar-refractivity contribution < 1.29 is 28.6 Å². The Labute approximate surface area is 440 Å². The first-order valence-corrected chi connectivity index (χ1v) is 30.8. The van der Waals surface area contributed by atoms with Crippen LogP contribution in [0.4, 0.5) is 0 Å². The molecule has 0 saturated heterocycles. The van der Waals surface area contributed by atoms with Crippen LogP contribution in [0.1, 0.15) is 316 Å². The molecule has 0 amide bonds. The molecule has 6 heteroatoms. The number of allylic oxidation sites excluding steroid dienone is 10. The molecule has 0 aromatic rings. The number of carbonyl (C=O) groups is 3. The molecular weight excluding hydrogens is 877 g/mol. The molecule has 0 spiro atoms. The molecule has 6 nitrogen and oxygen atoms in total. The summed E-state index contributed by atoms with van der Waals surface area (Å²) in [6, 6.07) is 0. The summed E-state index contributed by atoms with van der Waals surface area (Å²) < 4.78 is 16.9. The van der Waals surface area contributed by atoms with Gasteiger partial charge in [0.25, 0.3) is 0 Å². The van der Waals surface area contributed by atoms with Crippen LogP contribution in [-0.2, 0) is 28.6 Å². The van der Waals surface area contributed by atoms with Gasteiger partial charge in [-0.15, -0.1) is 0 Å². The van der Waals surface area contributed by atoms with Gasteiger partial charge in [0.15, 0.2) is 6.10 Å². The molecule has 0 aliphatic rings. The van der Waals surface area contributed by atoms with Crippen molar-refractivity contribution in [3.63, 3.8) is 0 Å². The highest BCUT2D eigenvalue weighted by Gasteiger charge is 2.19. The second-order valence-corrected chi connectivity index (χ2v) is 20.6. The highest BCUT2D eigenvalue weighted by atomic mass is 16.6. The van der Waals surface area contributed by atoms with Crippen molar-refractivity contribution in [1.29, 1.82) is 0 Å². The molecule has 0 radical (unpaired) electrons. The second-order valence-electron chi connectivity index (χ2n) is 20.6. The zero-order valence-corrected chi connectivity index (χ0v) is 47.2. The van der Waals surface area contributed by atoms with Gasteiger partial charge >= 0.3 is 17.9 Å². The third-order valence-corrected chi connectivity index (χ3v) is 13.5. The van der Waals surface area contributed by atoms with Crippen LogP contribution in [0.25, 0.3) is 0 Å². The number of hydrogen-bond acceptors (Lipinski definition) is 6. The minimum atomic E-state index is -0.776. The first kappa shape index (κ1) is 68.1. The lowest BCUT2D eigenvalue weighted by Gasteiger charge is -2.18. The van der Waals surface area contributed by atoms with Crippen molar-refractivity contribution in [2.24, 2.45) is 0 Å². The summed E-state index contributed by atoms with van der Waals surface area (Å²) in [4.78, 5) is 38.2. The molecule has 0 aromatic carbocycles. The van der Waals surface area contributed by atoms with E-state index in [2.05, 4.69) is 81.5 Å². The lowest BCUT2D eigenvalue weighted by molar-refractivity contribution is -0.167. The molecule has 0 heterocycles. The van der Waals surface area contributed by atoms with Gasteiger partial charge < -0.3 is 14.2 Å². The van der Waals surface area contributed by atoms with Crippen LogP contribution in [0.5, 0.6) is 0 Å². The Morgan fingerprint density at radius 1 is 0.296 bits per heavy atom.